The van der Waals surface area contributed by atoms with E-state index < -0.39 is 36.5 Å². The number of thiol groups is 1. The van der Waals surface area contributed by atoms with Gasteiger partial charge in [-0.05, 0) is 19.4 Å². The molecule has 3 unspecified atom stereocenters. The Morgan fingerprint density at radius 2 is 1.92 bits per heavy atom. The Bertz CT molecular complexity index is 483. The lowest BCUT2D eigenvalue weighted by molar-refractivity contribution is -0.143. The number of rotatable bonds is 9. The maximum atomic E-state index is 11.9. The normalized spacial score (nSPS) is 19.2. The standard InChI is InChI=1S/C13H22N4O6S/c18-5-8(13(22)23)17-12(21)9(6-24)16-10(19)4-15-11(20)7-2-1-3-14-7/h7-9,14,18,24H,1-6H2,(H,15,20)(H,16,19)(H,17,21)(H,22,23). The van der Waals surface area contributed by atoms with Crippen LogP contribution in [0.5, 0.6) is 0 Å². The van der Waals surface area contributed by atoms with Gasteiger partial charge in [-0.2, -0.15) is 12.6 Å². The fourth-order valence-electron chi connectivity index (χ4n) is 2.10. The van der Waals surface area contributed by atoms with Gasteiger partial charge in [-0.15, -0.1) is 0 Å². The lowest BCUT2D eigenvalue weighted by Gasteiger charge is -2.19. The number of carbonyl (C=O) groups excluding carboxylic acids is 3. The van der Waals surface area contributed by atoms with E-state index in [4.69, 9.17) is 10.2 Å². The van der Waals surface area contributed by atoms with Crippen molar-refractivity contribution in [3.05, 3.63) is 0 Å². The Kier molecular flexibility index (Phi) is 8.50. The van der Waals surface area contributed by atoms with Crippen LogP contribution in [0.25, 0.3) is 0 Å². The summed E-state index contributed by atoms with van der Waals surface area (Å²) in [5, 5.41) is 27.5. The summed E-state index contributed by atoms with van der Waals surface area (Å²) in [6.07, 6.45) is 1.59. The third-order valence-electron chi connectivity index (χ3n) is 3.43. The predicted octanol–water partition coefficient (Wildman–Crippen LogP) is -3.17. The molecule has 0 spiro atoms. The van der Waals surface area contributed by atoms with Gasteiger partial charge < -0.3 is 31.5 Å². The fraction of sp³-hybridized carbons (Fsp3) is 0.692. The second-order valence-corrected chi connectivity index (χ2v) is 5.62. The van der Waals surface area contributed by atoms with Gasteiger partial charge in [0.05, 0.1) is 19.2 Å². The molecule has 1 heterocycles. The minimum Gasteiger partial charge on any atom is -0.480 e. The van der Waals surface area contributed by atoms with E-state index in [1.165, 1.54) is 0 Å². The number of carbonyl (C=O) groups is 4. The van der Waals surface area contributed by atoms with Crippen LogP contribution < -0.4 is 21.3 Å². The van der Waals surface area contributed by atoms with Crippen LogP contribution in [0, 0.1) is 0 Å². The van der Waals surface area contributed by atoms with Crippen LogP contribution in [0.1, 0.15) is 12.8 Å². The lowest BCUT2D eigenvalue weighted by atomic mass is 10.2. The van der Waals surface area contributed by atoms with Gasteiger partial charge in [-0.3, -0.25) is 14.4 Å². The van der Waals surface area contributed by atoms with Crippen LogP contribution in [-0.2, 0) is 19.2 Å². The molecule has 1 aliphatic heterocycles. The summed E-state index contributed by atoms with van der Waals surface area (Å²) in [7, 11) is 0. The van der Waals surface area contributed by atoms with Crippen LogP contribution >= 0.6 is 12.6 Å². The quantitative estimate of drug-likeness (QED) is 0.213. The zero-order chi connectivity index (χ0) is 18.1. The molecule has 11 heteroatoms. The van der Waals surface area contributed by atoms with Crippen LogP contribution in [0.2, 0.25) is 0 Å². The minimum atomic E-state index is -1.47. The van der Waals surface area contributed by atoms with Crippen molar-refractivity contribution in [1.82, 2.24) is 21.3 Å². The fourth-order valence-corrected chi connectivity index (χ4v) is 2.35. The molecule has 1 saturated heterocycles. The van der Waals surface area contributed by atoms with Gasteiger partial charge in [-0.1, -0.05) is 0 Å². The zero-order valence-corrected chi connectivity index (χ0v) is 13.8. The van der Waals surface area contributed by atoms with Crippen LogP contribution in [-0.4, -0.2) is 77.5 Å². The van der Waals surface area contributed by atoms with Crippen molar-refractivity contribution in [2.45, 2.75) is 31.0 Å². The number of hydrogen-bond acceptors (Lipinski definition) is 7. The number of aliphatic hydroxyl groups excluding tert-OH is 1. The van der Waals surface area contributed by atoms with Gasteiger partial charge in [0.2, 0.25) is 17.7 Å². The highest BCUT2D eigenvalue weighted by Gasteiger charge is 2.26. The molecule has 1 rings (SSSR count). The highest BCUT2D eigenvalue weighted by atomic mass is 32.1. The Hall–Kier alpha value is -1.85. The molecule has 0 aromatic carbocycles. The minimum absolute atomic E-state index is 0.0759. The summed E-state index contributed by atoms with van der Waals surface area (Å²) in [4.78, 5) is 46.2. The summed E-state index contributed by atoms with van der Waals surface area (Å²) < 4.78 is 0. The van der Waals surface area contributed by atoms with Gasteiger partial charge in [0.1, 0.15) is 12.1 Å². The van der Waals surface area contributed by atoms with E-state index in [1.807, 2.05) is 0 Å². The van der Waals surface area contributed by atoms with E-state index in [-0.39, 0.29) is 24.2 Å². The number of carboxylic acids is 1. The monoisotopic (exact) mass is 362 g/mol. The topological polar surface area (TPSA) is 157 Å². The number of aliphatic carboxylic acids is 1. The smallest absolute Gasteiger partial charge is 0.328 e. The Balaban J connectivity index is 2.42. The maximum absolute atomic E-state index is 11.9. The molecular formula is C13H22N4O6S. The average Bonchev–Trinajstić information content (AvgIpc) is 3.09. The molecule has 136 valence electrons. The summed E-state index contributed by atoms with van der Waals surface area (Å²) in [5.41, 5.74) is 0. The largest absolute Gasteiger partial charge is 0.480 e. The number of nitrogens with one attached hydrogen (secondary N) is 4. The van der Waals surface area contributed by atoms with Crippen LogP contribution in [0.4, 0.5) is 0 Å². The highest BCUT2D eigenvalue weighted by Crippen LogP contribution is 2.04. The van der Waals surface area contributed by atoms with E-state index in [2.05, 4.69) is 33.9 Å². The third-order valence-corrected chi connectivity index (χ3v) is 3.80. The number of amides is 3. The molecule has 1 aliphatic rings. The summed E-state index contributed by atoms with van der Waals surface area (Å²) >= 11 is 3.93. The zero-order valence-electron chi connectivity index (χ0n) is 12.9. The number of aliphatic hydroxyl groups is 1. The molecule has 1 fully saturated rings. The first-order valence-corrected chi connectivity index (χ1v) is 8.07. The Labute approximate surface area is 144 Å². The van der Waals surface area contributed by atoms with Crippen molar-refractivity contribution in [1.29, 1.82) is 0 Å². The van der Waals surface area contributed by atoms with E-state index in [0.29, 0.717) is 6.42 Å². The first-order valence-electron chi connectivity index (χ1n) is 7.44. The van der Waals surface area contributed by atoms with E-state index in [0.717, 1.165) is 13.0 Å². The van der Waals surface area contributed by atoms with Gasteiger partial charge in [-0.25, -0.2) is 4.79 Å². The van der Waals surface area contributed by atoms with Crippen molar-refractivity contribution >= 4 is 36.3 Å². The van der Waals surface area contributed by atoms with Crippen molar-refractivity contribution in [2.24, 2.45) is 0 Å². The highest BCUT2D eigenvalue weighted by molar-refractivity contribution is 7.80. The van der Waals surface area contributed by atoms with E-state index in [9.17, 15) is 19.2 Å². The second-order valence-electron chi connectivity index (χ2n) is 5.25. The molecule has 0 bridgehead atoms. The van der Waals surface area contributed by atoms with Gasteiger partial charge >= 0.3 is 5.97 Å². The lowest BCUT2D eigenvalue weighted by Crippen LogP contribution is -2.55. The molecular weight excluding hydrogens is 340 g/mol. The second kappa shape index (κ2) is 10.1. The first kappa shape index (κ1) is 20.2. The average molecular weight is 362 g/mol. The molecule has 24 heavy (non-hydrogen) atoms. The molecule has 3 amide bonds. The van der Waals surface area contributed by atoms with E-state index >= 15 is 0 Å². The molecule has 6 N–H and O–H groups in total. The molecule has 10 nitrogen and oxygen atoms in total. The molecule has 0 aromatic heterocycles. The van der Waals surface area contributed by atoms with Gasteiger partial charge in [0, 0.05) is 5.75 Å². The molecule has 0 radical (unpaired) electrons. The van der Waals surface area contributed by atoms with Crippen molar-refractivity contribution in [3.63, 3.8) is 0 Å². The SMILES string of the molecule is O=C(CNC(=O)C1CCCN1)NC(CS)C(=O)NC(CO)C(=O)O. The molecule has 0 saturated carbocycles. The van der Waals surface area contributed by atoms with Gasteiger partial charge in [0.15, 0.2) is 0 Å². The summed E-state index contributed by atoms with van der Waals surface area (Å²) in [6.45, 7) is -0.336. The number of hydrogen-bond donors (Lipinski definition) is 7. The van der Waals surface area contributed by atoms with Gasteiger partial charge in [0.25, 0.3) is 0 Å². The molecule has 3 atom stereocenters. The summed E-state index contributed by atoms with van der Waals surface area (Å²) in [5.74, 6) is -3.16. The van der Waals surface area contributed by atoms with Crippen molar-refractivity contribution < 1.29 is 29.4 Å². The molecule has 0 aromatic rings. The van der Waals surface area contributed by atoms with Crippen LogP contribution in [0.3, 0.4) is 0 Å². The summed E-state index contributed by atoms with van der Waals surface area (Å²) in [6, 6.07) is -2.87. The van der Waals surface area contributed by atoms with Crippen molar-refractivity contribution in [2.75, 3.05) is 25.4 Å². The van der Waals surface area contributed by atoms with E-state index in [1.54, 1.807) is 0 Å². The van der Waals surface area contributed by atoms with Crippen molar-refractivity contribution in [3.8, 4) is 0 Å². The first-order chi connectivity index (χ1) is 11.4. The Morgan fingerprint density at radius 1 is 1.21 bits per heavy atom. The third kappa shape index (κ3) is 6.34. The van der Waals surface area contributed by atoms with Crippen LogP contribution in [0.15, 0.2) is 0 Å². The predicted molar refractivity (Wildman–Crippen MR) is 86.5 cm³/mol. The number of carboxylic acid groups (broad SMARTS) is 1. The molecule has 0 aliphatic carbocycles. The Morgan fingerprint density at radius 3 is 2.42 bits per heavy atom. The maximum Gasteiger partial charge on any atom is 0.328 e.